The van der Waals surface area contributed by atoms with Gasteiger partial charge in [0.15, 0.2) is 0 Å². The smallest absolute Gasteiger partial charge is 0.393 e. The Morgan fingerprint density at radius 3 is 2.38 bits per heavy atom. The molecule has 2 atom stereocenters. The third-order valence-electron chi connectivity index (χ3n) is 2.46. The summed E-state index contributed by atoms with van der Waals surface area (Å²) >= 11 is 0. The number of hydrogen-bond donors (Lipinski definition) is 2. The Morgan fingerprint density at radius 1 is 1.31 bits per heavy atom. The van der Waals surface area contributed by atoms with E-state index < -0.39 is 12.1 Å². The SMILES string of the molecule is OCC[C@@H]1CC[C@@H](C(F)(F)F)CN1. The van der Waals surface area contributed by atoms with E-state index in [0.29, 0.717) is 12.8 Å². The van der Waals surface area contributed by atoms with E-state index >= 15 is 0 Å². The van der Waals surface area contributed by atoms with E-state index in [1.165, 1.54) is 0 Å². The Labute approximate surface area is 75.1 Å². The monoisotopic (exact) mass is 197 g/mol. The highest BCUT2D eigenvalue weighted by Crippen LogP contribution is 2.32. The van der Waals surface area contributed by atoms with Gasteiger partial charge >= 0.3 is 6.18 Å². The fraction of sp³-hybridized carbons (Fsp3) is 1.00. The van der Waals surface area contributed by atoms with Crippen LogP contribution in [0.1, 0.15) is 19.3 Å². The highest BCUT2D eigenvalue weighted by atomic mass is 19.4. The van der Waals surface area contributed by atoms with Crippen LogP contribution < -0.4 is 5.32 Å². The molecule has 1 rings (SSSR count). The van der Waals surface area contributed by atoms with Gasteiger partial charge in [-0.05, 0) is 19.3 Å². The second-order valence-corrected chi connectivity index (χ2v) is 3.43. The molecule has 1 heterocycles. The predicted molar refractivity (Wildman–Crippen MR) is 42.3 cm³/mol. The first-order valence-electron chi connectivity index (χ1n) is 4.45. The summed E-state index contributed by atoms with van der Waals surface area (Å²) < 4.78 is 36.5. The summed E-state index contributed by atoms with van der Waals surface area (Å²) in [4.78, 5) is 0. The molecule has 0 saturated carbocycles. The van der Waals surface area contributed by atoms with Crippen LogP contribution >= 0.6 is 0 Å². The Bertz CT molecular complexity index is 152. The van der Waals surface area contributed by atoms with Crippen molar-refractivity contribution in [2.24, 2.45) is 5.92 Å². The third-order valence-corrected chi connectivity index (χ3v) is 2.46. The molecule has 13 heavy (non-hydrogen) atoms. The zero-order chi connectivity index (χ0) is 9.90. The van der Waals surface area contributed by atoms with Crippen LogP contribution in [0.4, 0.5) is 13.2 Å². The number of hydrogen-bond acceptors (Lipinski definition) is 2. The van der Waals surface area contributed by atoms with Crippen molar-refractivity contribution in [3.8, 4) is 0 Å². The van der Waals surface area contributed by atoms with Gasteiger partial charge in [-0.15, -0.1) is 0 Å². The van der Waals surface area contributed by atoms with Crippen molar-refractivity contribution in [2.45, 2.75) is 31.5 Å². The Kier molecular flexibility index (Phi) is 3.55. The van der Waals surface area contributed by atoms with Crippen LogP contribution in [0.15, 0.2) is 0 Å². The van der Waals surface area contributed by atoms with E-state index in [1.54, 1.807) is 0 Å². The zero-order valence-corrected chi connectivity index (χ0v) is 7.27. The summed E-state index contributed by atoms with van der Waals surface area (Å²) in [5, 5.41) is 11.4. The summed E-state index contributed by atoms with van der Waals surface area (Å²) in [6.45, 7) is 0.0303. The molecule has 0 radical (unpaired) electrons. The molecule has 0 unspecified atom stereocenters. The molecule has 0 bridgehead atoms. The Morgan fingerprint density at radius 2 is 2.00 bits per heavy atom. The molecule has 0 aromatic carbocycles. The quantitative estimate of drug-likeness (QED) is 0.699. The first kappa shape index (κ1) is 10.8. The lowest BCUT2D eigenvalue weighted by molar-refractivity contribution is -0.179. The standard InChI is InChI=1S/C8H14F3NO/c9-8(10,11)6-1-2-7(3-4-13)12-5-6/h6-7,12-13H,1-5H2/t6-,7+/m1/s1. The molecule has 1 aliphatic rings. The number of alkyl halides is 3. The molecule has 0 spiro atoms. The van der Waals surface area contributed by atoms with E-state index in [-0.39, 0.29) is 25.6 Å². The van der Waals surface area contributed by atoms with Crippen LogP contribution in [0.3, 0.4) is 0 Å². The molecule has 2 nitrogen and oxygen atoms in total. The molecule has 0 aliphatic carbocycles. The van der Waals surface area contributed by atoms with Crippen LogP contribution in [0.5, 0.6) is 0 Å². The van der Waals surface area contributed by atoms with E-state index in [2.05, 4.69) is 5.32 Å². The predicted octanol–water partition coefficient (Wildman–Crippen LogP) is 1.30. The first-order valence-corrected chi connectivity index (χ1v) is 4.45. The minimum atomic E-state index is -4.07. The average molecular weight is 197 g/mol. The number of rotatable bonds is 2. The van der Waals surface area contributed by atoms with Crippen molar-refractivity contribution in [2.75, 3.05) is 13.2 Å². The van der Waals surface area contributed by atoms with Gasteiger partial charge in [0.25, 0.3) is 0 Å². The molecular formula is C8H14F3NO. The van der Waals surface area contributed by atoms with E-state index in [4.69, 9.17) is 5.11 Å². The lowest BCUT2D eigenvalue weighted by atomic mass is 9.93. The van der Waals surface area contributed by atoms with Crippen LogP contribution in [0.2, 0.25) is 0 Å². The van der Waals surface area contributed by atoms with Gasteiger partial charge in [0.05, 0.1) is 5.92 Å². The highest BCUT2D eigenvalue weighted by molar-refractivity contribution is 4.81. The maximum absolute atomic E-state index is 12.2. The topological polar surface area (TPSA) is 32.3 Å². The Balaban J connectivity index is 2.30. The molecule has 1 aliphatic heterocycles. The molecule has 5 heteroatoms. The summed E-state index contributed by atoms with van der Waals surface area (Å²) in [6, 6.07) is 0.0589. The van der Waals surface area contributed by atoms with Crippen molar-refractivity contribution in [3.05, 3.63) is 0 Å². The molecule has 0 aromatic heterocycles. The van der Waals surface area contributed by atoms with Gasteiger partial charge in [0, 0.05) is 19.2 Å². The molecule has 1 saturated heterocycles. The fourth-order valence-electron chi connectivity index (χ4n) is 1.60. The molecule has 0 aromatic rings. The minimum absolute atomic E-state index is 0.00579. The van der Waals surface area contributed by atoms with Gasteiger partial charge in [-0.3, -0.25) is 0 Å². The third kappa shape index (κ3) is 3.15. The summed E-state index contributed by atoms with van der Waals surface area (Å²) in [5.41, 5.74) is 0. The van der Waals surface area contributed by atoms with Crippen molar-refractivity contribution >= 4 is 0 Å². The highest BCUT2D eigenvalue weighted by Gasteiger charge is 2.41. The second kappa shape index (κ2) is 4.28. The first-order chi connectivity index (χ1) is 6.04. The van der Waals surface area contributed by atoms with Crippen LogP contribution in [0, 0.1) is 5.92 Å². The average Bonchev–Trinajstić information content (AvgIpc) is 2.04. The molecular weight excluding hydrogens is 183 g/mol. The minimum Gasteiger partial charge on any atom is -0.396 e. The van der Waals surface area contributed by atoms with Crippen molar-refractivity contribution in [1.82, 2.24) is 5.32 Å². The number of nitrogens with one attached hydrogen (secondary N) is 1. The van der Waals surface area contributed by atoms with Gasteiger partial charge in [0.2, 0.25) is 0 Å². The van der Waals surface area contributed by atoms with Crippen LogP contribution in [0.25, 0.3) is 0 Å². The number of halogens is 3. The molecule has 0 amide bonds. The van der Waals surface area contributed by atoms with Gasteiger partial charge < -0.3 is 10.4 Å². The Hall–Kier alpha value is -0.290. The van der Waals surface area contributed by atoms with Gasteiger partial charge in [-0.1, -0.05) is 0 Å². The number of piperidine rings is 1. The summed E-state index contributed by atoms with van der Waals surface area (Å²) in [6.07, 6.45) is -2.84. The summed E-state index contributed by atoms with van der Waals surface area (Å²) in [7, 11) is 0. The molecule has 1 fully saturated rings. The number of aliphatic hydroxyl groups excluding tert-OH is 1. The molecule has 2 N–H and O–H groups in total. The van der Waals surface area contributed by atoms with E-state index in [0.717, 1.165) is 0 Å². The van der Waals surface area contributed by atoms with Crippen LogP contribution in [-0.4, -0.2) is 30.5 Å². The maximum Gasteiger partial charge on any atom is 0.393 e. The van der Waals surface area contributed by atoms with Crippen molar-refractivity contribution < 1.29 is 18.3 Å². The maximum atomic E-state index is 12.2. The van der Waals surface area contributed by atoms with Crippen molar-refractivity contribution in [3.63, 3.8) is 0 Å². The van der Waals surface area contributed by atoms with Gasteiger partial charge in [0.1, 0.15) is 0 Å². The lowest BCUT2D eigenvalue weighted by Gasteiger charge is -2.30. The van der Waals surface area contributed by atoms with Gasteiger partial charge in [-0.25, -0.2) is 0 Å². The second-order valence-electron chi connectivity index (χ2n) is 3.43. The molecule has 78 valence electrons. The lowest BCUT2D eigenvalue weighted by Crippen LogP contribution is -2.44. The fourth-order valence-corrected chi connectivity index (χ4v) is 1.60. The van der Waals surface area contributed by atoms with E-state index in [9.17, 15) is 13.2 Å². The zero-order valence-electron chi connectivity index (χ0n) is 7.27. The number of aliphatic hydroxyl groups is 1. The van der Waals surface area contributed by atoms with Crippen LogP contribution in [-0.2, 0) is 0 Å². The van der Waals surface area contributed by atoms with Crippen molar-refractivity contribution in [1.29, 1.82) is 0 Å². The largest absolute Gasteiger partial charge is 0.396 e. The van der Waals surface area contributed by atoms with Gasteiger partial charge in [-0.2, -0.15) is 13.2 Å². The normalized spacial score (nSPS) is 30.5. The summed E-state index contributed by atoms with van der Waals surface area (Å²) in [5.74, 6) is -1.21. The van der Waals surface area contributed by atoms with E-state index in [1.807, 2.05) is 0 Å².